The van der Waals surface area contributed by atoms with Gasteiger partial charge in [0.15, 0.2) is 0 Å². The lowest BCUT2D eigenvalue weighted by molar-refractivity contribution is -0.146. The maximum absolute atomic E-state index is 14.1. The Morgan fingerprint density at radius 2 is 0.515 bits per heavy atom. The van der Waals surface area contributed by atoms with Crippen LogP contribution in [0.15, 0.2) is 0 Å². The number of hydrogen-bond donors (Lipinski definition) is 14. The van der Waals surface area contributed by atoms with Gasteiger partial charge in [-0.1, -0.05) is 111 Å². The summed E-state index contributed by atoms with van der Waals surface area (Å²) in [7, 11) is 1.20. The van der Waals surface area contributed by atoms with Gasteiger partial charge < -0.3 is 83.9 Å². The Hall–Kier alpha value is -8.15. The molecule has 31 nitrogen and oxygen atoms in total. The van der Waals surface area contributed by atoms with Crippen molar-refractivity contribution in [1.82, 2.24) is 74.4 Å². The summed E-state index contributed by atoms with van der Waals surface area (Å²) in [4.78, 5) is 204. The molecule has 0 aliphatic heterocycles. The summed E-state index contributed by atoms with van der Waals surface area (Å²) in [5.74, 6) is -13.0. The third kappa shape index (κ3) is 33.5. The molecule has 14 amide bonds. The van der Waals surface area contributed by atoms with E-state index in [1.54, 1.807) is 104 Å². The van der Waals surface area contributed by atoms with Gasteiger partial charge in [0.1, 0.15) is 89.2 Å². The third-order valence-electron chi connectivity index (χ3n) is 15.9. The van der Waals surface area contributed by atoms with Gasteiger partial charge >= 0.3 is 12.1 Å². The molecule has 0 aromatic carbocycles. The second kappa shape index (κ2) is 41.7. The largest absolute Gasteiger partial charge is 0.467 e. The van der Waals surface area contributed by atoms with Crippen LogP contribution >= 0.6 is 0 Å². The molecule has 0 rings (SSSR count). The van der Waals surface area contributed by atoms with E-state index in [2.05, 4.69) is 74.4 Å². The van der Waals surface area contributed by atoms with E-state index in [9.17, 15) is 71.9 Å². The smallest absolute Gasteiger partial charge is 0.408 e. The average molecular weight is 1440 g/mol. The topological polar surface area (TPSA) is 443 Å². The van der Waals surface area contributed by atoms with Crippen LogP contribution in [0.5, 0.6) is 0 Å². The molecule has 0 radical (unpaired) electrons. The zero-order valence-electron chi connectivity index (χ0n) is 65.3. The van der Waals surface area contributed by atoms with Gasteiger partial charge in [0, 0.05) is 0 Å². The van der Waals surface area contributed by atoms with Crippen LogP contribution in [0.25, 0.3) is 0 Å². The van der Waals surface area contributed by atoms with Crippen molar-refractivity contribution in [2.75, 3.05) is 7.11 Å². The molecule has 0 spiro atoms. The maximum Gasteiger partial charge on any atom is 0.408 e. The molecule has 0 heterocycles. The molecule has 31 heteroatoms. The number of ether oxygens (including phenoxy) is 2. The van der Waals surface area contributed by atoms with Gasteiger partial charge in [-0.05, 0) is 149 Å². The molecule has 14 N–H and O–H groups in total. The monoisotopic (exact) mass is 1430 g/mol. The predicted molar refractivity (Wildman–Crippen MR) is 381 cm³/mol. The molecule has 0 aromatic rings. The first-order valence-corrected chi connectivity index (χ1v) is 35.2. The minimum atomic E-state index is -1.70. The zero-order valence-corrected chi connectivity index (χ0v) is 65.3. The van der Waals surface area contributed by atoms with Gasteiger partial charge in [0.05, 0.1) is 7.11 Å². The van der Waals surface area contributed by atoms with E-state index in [0.29, 0.717) is 0 Å². The molecule has 0 saturated carbocycles. The molecular weight excluding hydrogens is 1310 g/mol. The van der Waals surface area contributed by atoms with Crippen molar-refractivity contribution in [3.63, 3.8) is 0 Å². The zero-order chi connectivity index (χ0) is 78.8. The average Bonchev–Trinajstić information content (AvgIpc) is 0.841. The lowest BCUT2D eigenvalue weighted by atomic mass is 9.97. The fraction of sp³-hybridized carbons (Fsp3) is 0.786. The second-order valence-corrected chi connectivity index (χ2v) is 31.4. The number of amides is 14. The van der Waals surface area contributed by atoms with Crippen LogP contribution in [-0.4, -0.2) is 185 Å². The summed E-state index contributed by atoms with van der Waals surface area (Å²) in [5.41, 5.74) is -4.21. The number of rotatable bonds is 40. The van der Waals surface area contributed by atoms with Crippen LogP contribution in [0.3, 0.4) is 0 Å². The summed E-state index contributed by atoms with van der Waals surface area (Å²) in [6, 6.07) is -14.3. The fourth-order valence-corrected chi connectivity index (χ4v) is 9.97. The first kappa shape index (κ1) is 92.8. The van der Waals surface area contributed by atoms with E-state index >= 15 is 0 Å². The van der Waals surface area contributed by atoms with Gasteiger partial charge in [-0.2, -0.15) is 0 Å². The van der Waals surface area contributed by atoms with Crippen LogP contribution < -0.4 is 74.4 Å². The standard InChI is InChI=1S/C70H126N14O17/c1-33(2)29-45(75-53(85)41(17)72-61(93)50(38(11)12)80-65(97)69(24,25)84-59(91)47(31-35(5)6)77-55(87)43(19)74-63(95)52(40(15)16)82-67(99)101-68(21,22)23)57(89)79-49(37(9)10)60(92)71-42(18)54(86)76-46(30-34(3)4)58(90)83-70(26,27)66(98)81-51(39(13)14)62(94)73-44(20)56(88)78-48(32-36(7)8)64(96)100-28/h33-52H,29-32H2,1-28H3,(H,71,92)(H,72,93)(H,73,94)(H,74,95)(H,75,85)(H,76,86)(H,77,87)(H,78,88)(H,79,89)(H,80,97)(H,81,98)(H,82,99)(H,83,90)(H,84,91)/t41-,42+,43-,44+,45-,46+,47-,48+,49+,50-,51+,52-/m0/s1. The Labute approximate surface area is 598 Å². The number of methoxy groups -OCH3 is 1. The quantitative estimate of drug-likeness (QED) is 0.0391. The van der Waals surface area contributed by atoms with Gasteiger partial charge in [0.2, 0.25) is 76.8 Å². The number of carbonyl (C=O) groups excluding carboxylic acids is 15. The molecule has 0 aromatic heterocycles. The Balaban J connectivity index is 6.21. The predicted octanol–water partition coefficient (Wildman–Crippen LogP) is 2.06. The van der Waals surface area contributed by atoms with Crippen molar-refractivity contribution < 1.29 is 81.4 Å². The lowest BCUT2D eigenvalue weighted by Crippen LogP contribution is -2.64. The molecular formula is C70H126N14O17. The van der Waals surface area contributed by atoms with Crippen LogP contribution in [0.2, 0.25) is 0 Å². The van der Waals surface area contributed by atoms with Crippen LogP contribution in [0.4, 0.5) is 4.79 Å². The van der Waals surface area contributed by atoms with Crippen molar-refractivity contribution >= 4 is 88.9 Å². The first-order chi connectivity index (χ1) is 46.1. The Morgan fingerprint density at radius 3 is 0.762 bits per heavy atom. The Kier molecular flexibility index (Phi) is 38.3. The molecule has 0 aliphatic rings. The second-order valence-electron chi connectivity index (χ2n) is 31.4. The van der Waals surface area contributed by atoms with Gasteiger partial charge in [-0.25, -0.2) is 9.59 Å². The molecule has 0 bridgehead atoms. The SMILES string of the molecule is COC(=O)[C@@H](CC(C)C)NC(=O)[C@@H](C)NC(=O)[C@H](NC(=O)C(C)(C)NC(=O)[C@@H](CC(C)C)NC(=O)[C@@H](C)NC(=O)[C@H](NC(=O)[C@H](CC(C)C)NC(=O)[C@H](C)NC(=O)[C@@H](NC(=O)C(C)(C)NC(=O)[C@H](CC(C)C)NC(=O)[C@H](C)NC(=O)[C@@H](NC(=O)OC(C)(C)C)C(C)C)C(C)C)C(C)C)C(C)C. The van der Waals surface area contributed by atoms with E-state index in [4.69, 9.17) is 9.47 Å². The lowest BCUT2D eigenvalue weighted by Gasteiger charge is -2.32. The fourth-order valence-electron chi connectivity index (χ4n) is 9.97. The van der Waals surface area contributed by atoms with E-state index < -0.39 is 202 Å². The molecule has 12 atom stereocenters. The highest BCUT2D eigenvalue weighted by atomic mass is 16.6. The summed E-state index contributed by atoms with van der Waals surface area (Å²) in [5, 5.41) is 36.8. The molecule has 0 unspecified atom stereocenters. The van der Waals surface area contributed by atoms with E-state index in [0.717, 1.165) is 0 Å². The Morgan fingerprint density at radius 1 is 0.277 bits per heavy atom. The van der Waals surface area contributed by atoms with Crippen molar-refractivity contribution in [2.24, 2.45) is 47.3 Å². The summed E-state index contributed by atoms with van der Waals surface area (Å²) in [6.07, 6.45) is -0.258. The number of nitrogens with one attached hydrogen (secondary N) is 14. The van der Waals surface area contributed by atoms with Crippen LogP contribution in [0.1, 0.15) is 213 Å². The van der Waals surface area contributed by atoms with Gasteiger partial charge in [-0.15, -0.1) is 0 Å². The van der Waals surface area contributed by atoms with Crippen molar-refractivity contribution in [3.8, 4) is 0 Å². The number of esters is 1. The Bertz CT molecular complexity index is 2870. The van der Waals surface area contributed by atoms with Crippen LogP contribution in [-0.2, 0) is 76.6 Å². The normalized spacial score (nSPS) is 15.5. The number of hydrogen-bond acceptors (Lipinski definition) is 17. The summed E-state index contributed by atoms with van der Waals surface area (Å²) >= 11 is 0. The maximum atomic E-state index is 14.1. The molecule has 0 aliphatic carbocycles. The van der Waals surface area contributed by atoms with E-state index in [1.165, 1.54) is 62.5 Å². The molecule has 101 heavy (non-hydrogen) atoms. The van der Waals surface area contributed by atoms with E-state index in [-0.39, 0.29) is 49.4 Å². The highest BCUT2D eigenvalue weighted by Gasteiger charge is 2.41. The number of alkyl carbamates (subject to hydrolysis) is 1. The number of carbonyl (C=O) groups is 15. The van der Waals surface area contributed by atoms with Gasteiger partial charge in [0.25, 0.3) is 0 Å². The summed E-state index contributed by atoms with van der Waals surface area (Å²) < 4.78 is 10.1. The van der Waals surface area contributed by atoms with Crippen LogP contribution in [0, 0.1) is 47.3 Å². The van der Waals surface area contributed by atoms with Gasteiger partial charge in [-0.3, -0.25) is 62.3 Å². The van der Waals surface area contributed by atoms with Crippen molar-refractivity contribution in [2.45, 2.75) is 302 Å². The van der Waals surface area contributed by atoms with Crippen molar-refractivity contribution in [3.05, 3.63) is 0 Å². The van der Waals surface area contributed by atoms with Crippen molar-refractivity contribution in [1.29, 1.82) is 0 Å². The van der Waals surface area contributed by atoms with E-state index in [1.807, 2.05) is 27.7 Å². The highest BCUT2D eigenvalue weighted by Crippen LogP contribution is 2.17. The molecule has 0 saturated heterocycles. The highest BCUT2D eigenvalue weighted by molar-refractivity contribution is 6.01. The first-order valence-electron chi connectivity index (χ1n) is 35.2. The summed E-state index contributed by atoms with van der Waals surface area (Å²) in [6.45, 7) is 44.0. The minimum Gasteiger partial charge on any atom is -0.467 e. The third-order valence-corrected chi connectivity index (χ3v) is 15.9. The molecule has 0 fully saturated rings. The molecule has 578 valence electrons. The minimum absolute atomic E-state index is 0.0288.